The van der Waals surface area contributed by atoms with E-state index in [2.05, 4.69) is 0 Å². The van der Waals surface area contributed by atoms with Crippen molar-refractivity contribution >= 4 is 34.7 Å². The molecule has 0 aliphatic heterocycles. The number of likely N-dealkylation sites (N-methyl/N-ethyl adjacent to an activating group) is 1. The topological polar surface area (TPSA) is 171 Å². The maximum Gasteiger partial charge on any atom is 0.235 e. The number of amides is 1. The first-order valence-electron chi connectivity index (χ1n) is 13.0. The minimum absolute atomic E-state index is 0.0684. The van der Waals surface area contributed by atoms with Crippen molar-refractivity contribution < 1.29 is 38.6 Å². The summed E-state index contributed by atoms with van der Waals surface area (Å²) in [5.74, 6) is -9.08. The van der Waals surface area contributed by atoms with Crippen LogP contribution in [0.5, 0.6) is 5.75 Å². The van der Waals surface area contributed by atoms with E-state index in [1.54, 1.807) is 52.1 Å². The van der Waals surface area contributed by atoms with Gasteiger partial charge in [-0.15, -0.1) is 0 Å². The zero-order valence-corrected chi connectivity index (χ0v) is 23.3. The van der Waals surface area contributed by atoms with Gasteiger partial charge in [-0.2, -0.15) is 0 Å². The van der Waals surface area contributed by atoms with Crippen LogP contribution in [0.25, 0.3) is 11.1 Å². The highest BCUT2D eigenvalue weighted by Gasteiger charge is 2.76. The van der Waals surface area contributed by atoms with Gasteiger partial charge in [0.25, 0.3) is 0 Å². The van der Waals surface area contributed by atoms with E-state index in [1.807, 2.05) is 0 Å². The summed E-state index contributed by atoms with van der Waals surface area (Å²) in [5, 5.41) is 23.4. The number of carbonyl (C=O) groups excluding carboxylic acids is 5. The first-order valence-corrected chi connectivity index (χ1v) is 13.0. The van der Waals surface area contributed by atoms with Gasteiger partial charge in [-0.1, -0.05) is 13.8 Å². The molecular weight excluding hydrogens is 518 g/mol. The Morgan fingerprint density at radius 3 is 2.27 bits per heavy atom. The Balaban J connectivity index is 1.77. The summed E-state index contributed by atoms with van der Waals surface area (Å²) in [5.41, 5.74) is 1.71. The largest absolute Gasteiger partial charge is 0.507 e. The number of hydrogen-bond donors (Lipinski definition) is 3. The van der Waals surface area contributed by atoms with Gasteiger partial charge in [-0.05, 0) is 50.0 Å². The van der Waals surface area contributed by atoms with Gasteiger partial charge in [-0.25, -0.2) is 0 Å². The standard InChI is InChI=1S/C29H33N3O8/c1-27-10-15-16(31(3)4)9-14(13-7-8-40-11-13)20(33)17(15)21(34)19(27)25(37)29(39)24(36)18(26(30)38)22(35)23(32(5)6)28(29,2)12-27/h7-9,11,18-19,23,33,39H,10,12H2,1-6H3,(H2,30,38)/t18?,19?,23-,27+,28+,29-/m1/s1. The second-order valence-electron chi connectivity index (χ2n) is 12.3. The number of phenols is 1. The van der Waals surface area contributed by atoms with Crippen LogP contribution in [0.1, 0.15) is 36.2 Å². The first kappa shape index (κ1) is 27.7. The van der Waals surface area contributed by atoms with E-state index < -0.39 is 63.3 Å². The smallest absolute Gasteiger partial charge is 0.235 e. The van der Waals surface area contributed by atoms with E-state index in [0.717, 1.165) is 0 Å². The van der Waals surface area contributed by atoms with Crippen LogP contribution in [0.4, 0.5) is 5.69 Å². The van der Waals surface area contributed by atoms with Crippen molar-refractivity contribution in [1.29, 1.82) is 0 Å². The van der Waals surface area contributed by atoms with E-state index in [1.165, 1.54) is 24.3 Å². The number of fused-ring (bicyclic) bond motifs is 3. The average Bonchev–Trinajstić information content (AvgIpc) is 3.35. The molecular formula is C29H33N3O8. The van der Waals surface area contributed by atoms with E-state index in [0.29, 0.717) is 22.4 Å². The summed E-state index contributed by atoms with van der Waals surface area (Å²) in [4.78, 5) is 71.4. The monoisotopic (exact) mass is 551 g/mol. The quantitative estimate of drug-likeness (QED) is 0.465. The number of hydrogen-bond acceptors (Lipinski definition) is 10. The molecule has 2 aromatic rings. The normalized spacial score (nSPS) is 33.5. The minimum Gasteiger partial charge on any atom is -0.507 e. The molecule has 0 radical (unpaired) electrons. The molecule has 4 N–H and O–H groups in total. The van der Waals surface area contributed by atoms with Crippen molar-refractivity contribution in [1.82, 2.24) is 4.90 Å². The number of rotatable bonds is 4. The highest BCUT2D eigenvalue weighted by atomic mass is 16.3. The molecule has 11 heteroatoms. The van der Waals surface area contributed by atoms with E-state index >= 15 is 0 Å². The molecule has 1 aromatic carbocycles. The minimum atomic E-state index is -2.84. The molecule has 1 aromatic heterocycles. The fourth-order valence-corrected chi connectivity index (χ4v) is 7.80. The number of aliphatic hydroxyl groups is 1. The molecule has 2 saturated carbocycles. The van der Waals surface area contributed by atoms with Crippen LogP contribution in [-0.2, 0) is 25.6 Å². The molecule has 3 aliphatic carbocycles. The lowest BCUT2D eigenvalue weighted by molar-refractivity contribution is -0.203. The number of phenolic OH excluding ortho intramolecular Hbond substituents is 1. The van der Waals surface area contributed by atoms with Crippen molar-refractivity contribution in [2.45, 2.75) is 38.3 Å². The molecule has 0 bridgehead atoms. The van der Waals surface area contributed by atoms with E-state index in [4.69, 9.17) is 10.2 Å². The third-order valence-corrected chi connectivity index (χ3v) is 9.28. The highest BCUT2D eigenvalue weighted by Crippen LogP contribution is 2.62. The van der Waals surface area contributed by atoms with Crippen LogP contribution >= 0.6 is 0 Å². The third-order valence-electron chi connectivity index (χ3n) is 9.28. The van der Waals surface area contributed by atoms with Crippen LogP contribution in [0.3, 0.4) is 0 Å². The third kappa shape index (κ3) is 3.27. The molecule has 1 amide bonds. The second kappa shape index (κ2) is 8.58. The van der Waals surface area contributed by atoms with Gasteiger partial charge in [0.1, 0.15) is 5.75 Å². The number of nitrogens with zero attached hydrogens (tertiary/aromatic N) is 2. The maximum atomic E-state index is 14.4. The lowest BCUT2D eigenvalue weighted by atomic mass is 9.42. The highest BCUT2D eigenvalue weighted by molar-refractivity contribution is 6.33. The van der Waals surface area contributed by atoms with E-state index in [9.17, 15) is 34.2 Å². The van der Waals surface area contributed by atoms with Gasteiger partial charge >= 0.3 is 0 Å². The number of aromatic hydroxyl groups is 1. The summed E-state index contributed by atoms with van der Waals surface area (Å²) in [6.45, 7) is 3.21. The Morgan fingerprint density at radius 2 is 1.75 bits per heavy atom. The average molecular weight is 552 g/mol. The van der Waals surface area contributed by atoms with Crippen molar-refractivity contribution in [3.63, 3.8) is 0 Å². The molecule has 1 heterocycles. The summed E-state index contributed by atoms with van der Waals surface area (Å²) in [6.07, 6.45) is 2.92. The van der Waals surface area contributed by atoms with Crippen LogP contribution in [0.15, 0.2) is 29.1 Å². The molecule has 2 fully saturated rings. The number of anilines is 1. The Bertz CT molecular complexity index is 1490. The summed E-state index contributed by atoms with van der Waals surface area (Å²) in [6, 6.07) is 2.16. The van der Waals surface area contributed by atoms with Crippen LogP contribution in [0.2, 0.25) is 0 Å². The zero-order chi connectivity index (χ0) is 29.7. The number of primary amides is 1. The van der Waals surface area contributed by atoms with Gasteiger partial charge in [-0.3, -0.25) is 28.9 Å². The van der Waals surface area contributed by atoms with Crippen LogP contribution in [-0.4, -0.2) is 84.0 Å². The predicted molar refractivity (Wildman–Crippen MR) is 143 cm³/mol. The van der Waals surface area contributed by atoms with Gasteiger partial charge in [0, 0.05) is 36.3 Å². The van der Waals surface area contributed by atoms with Gasteiger partial charge < -0.3 is 25.3 Å². The lowest BCUT2D eigenvalue weighted by Crippen LogP contribution is -2.79. The molecule has 11 nitrogen and oxygen atoms in total. The SMILES string of the molecule is CN(C)c1cc(-c2ccoc2)c(O)c2c1C[C@@]1(C)C[C@@]3(C)[C@H](N(C)C)C(=O)C(C(N)=O)C(=O)[C@@]3(O)C(=O)C1C2=O. The van der Waals surface area contributed by atoms with Gasteiger partial charge in [0.05, 0.1) is 30.0 Å². The number of carbonyl (C=O) groups is 5. The van der Waals surface area contributed by atoms with Crippen molar-refractivity contribution in [2.24, 2.45) is 28.4 Å². The molecule has 212 valence electrons. The Hall–Kier alpha value is -3.83. The molecule has 2 unspecified atom stereocenters. The van der Waals surface area contributed by atoms with Crippen molar-refractivity contribution in [2.75, 3.05) is 33.1 Å². The van der Waals surface area contributed by atoms with Crippen LogP contribution < -0.4 is 10.6 Å². The fourth-order valence-electron chi connectivity index (χ4n) is 7.80. The van der Waals surface area contributed by atoms with Gasteiger partial charge in [0.2, 0.25) is 5.91 Å². The van der Waals surface area contributed by atoms with Crippen molar-refractivity contribution in [3.8, 4) is 16.9 Å². The zero-order valence-electron chi connectivity index (χ0n) is 23.3. The molecule has 5 rings (SSSR count). The molecule has 6 atom stereocenters. The number of benzene rings is 1. The Labute approximate surface area is 230 Å². The molecule has 0 saturated heterocycles. The predicted octanol–water partition coefficient (Wildman–Crippen LogP) is 0.973. The number of furan rings is 1. The van der Waals surface area contributed by atoms with E-state index in [-0.39, 0.29) is 24.2 Å². The van der Waals surface area contributed by atoms with Crippen LogP contribution in [0, 0.1) is 22.7 Å². The number of Topliss-reactive ketones (excluding diaryl/α,β-unsaturated/α-hetero) is 4. The van der Waals surface area contributed by atoms with Crippen molar-refractivity contribution in [3.05, 3.63) is 35.8 Å². The fraction of sp³-hybridized carbons (Fsp3) is 0.483. The summed E-state index contributed by atoms with van der Waals surface area (Å²) in [7, 11) is 6.70. The second-order valence-corrected chi connectivity index (χ2v) is 12.3. The molecule has 3 aliphatic rings. The Kier molecular flexibility index (Phi) is 5.95. The number of ketones is 4. The summed E-state index contributed by atoms with van der Waals surface area (Å²) < 4.78 is 5.17. The number of nitrogens with two attached hydrogens (primary N) is 1. The molecule has 40 heavy (non-hydrogen) atoms. The Morgan fingerprint density at radius 1 is 1.10 bits per heavy atom. The lowest BCUT2D eigenvalue weighted by Gasteiger charge is -2.61. The first-order chi connectivity index (χ1) is 18.5. The summed E-state index contributed by atoms with van der Waals surface area (Å²) >= 11 is 0. The maximum absolute atomic E-state index is 14.4. The van der Waals surface area contributed by atoms with Gasteiger partial charge in [0.15, 0.2) is 34.7 Å². The molecule has 0 spiro atoms.